The van der Waals surface area contributed by atoms with E-state index >= 15 is 0 Å². The van der Waals surface area contributed by atoms with Crippen molar-refractivity contribution in [2.24, 2.45) is 5.92 Å². The van der Waals surface area contributed by atoms with Crippen LogP contribution in [0.25, 0.3) is 0 Å². The molecule has 5 nitrogen and oxygen atoms in total. The Bertz CT molecular complexity index is 656. The Labute approximate surface area is 134 Å². The van der Waals surface area contributed by atoms with E-state index in [1.165, 1.54) is 0 Å². The van der Waals surface area contributed by atoms with Crippen LogP contribution < -0.4 is 0 Å². The maximum atomic E-state index is 12.8. The number of benzene rings is 1. The summed E-state index contributed by atoms with van der Waals surface area (Å²) < 4.78 is 1.84. The number of nitrogens with zero attached hydrogens (tertiary/aromatic N) is 4. The van der Waals surface area contributed by atoms with E-state index in [0.717, 1.165) is 38.0 Å². The van der Waals surface area contributed by atoms with Crippen molar-refractivity contribution in [3.63, 3.8) is 0 Å². The molecular formula is C16H19ClN4O. The van der Waals surface area contributed by atoms with Crippen molar-refractivity contribution in [1.29, 1.82) is 0 Å². The lowest BCUT2D eigenvalue weighted by Gasteiger charge is -2.33. The molecule has 1 aliphatic rings. The fraction of sp³-hybridized carbons (Fsp3) is 0.438. The third kappa shape index (κ3) is 3.14. The fourth-order valence-corrected chi connectivity index (χ4v) is 3.17. The van der Waals surface area contributed by atoms with Gasteiger partial charge < -0.3 is 4.90 Å². The molecule has 0 bridgehead atoms. The zero-order valence-corrected chi connectivity index (χ0v) is 13.3. The van der Waals surface area contributed by atoms with E-state index in [-0.39, 0.29) is 5.91 Å². The minimum absolute atomic E-state index is 0.0725. The van der Waals surface area contributed by atoms with E-state index in [1.807, 2.05) is 34.7 Å². The monoisotopic (exact) mass is 318 g/mol. The molecule has 1 atom stereocenters. The van der Waals surface area contributed by atoms with Crippen LogP contribution in [0.15, 0.2) is 30.9 Å². The highest BCUT2D eigenvalue weighted by Gasteiger charge is 2.26. The molecule has 0 N–H and O–H groups in total. The first-order valence-electron chi connectivity index (χ1n) is 7.52. The van der Waals surface area contributed by atoms with Gasteiger partial charge in [0.1, 0.15) is 12.7 Å². The van der Waals surface area contributed by atoms with Crippen LogP contribution in [0.2, 0.25) is 5.02 Å². The molecule has 22 heavy (non-hydrogen) atoms. The second kappa shape index (κ2) is 6.48. The minimum atomic E-state index is 0.0725. The number of likely N-dealkylation sites (tertiary alicyclic amines) is 1. The molecule has 1 fully saturated rings. The fourth-order valence-electron chi connectivity index (χ4n) is 3.00. The van der Waals surface area contributed by atoms with Crippen molar-refractivity contribution in [2.45, 2.75) is 26.3 Å². The minimum Gasteiger partial charge on any atom is -0.338 e. The lowest BCUT2D eigenvalue weighted by atomic mass is 9.97. The number of carbonyl (C=O) groups is 1. The summed E-state index contributed by atoms with van der Waals surface area (Å²) in [5.41, 5.74) is 1.56. The second-order valence-corrected chi connectivity index (χ2v) is 6.20. The number of aromatic nitrogens is 3. The Morgan fingerprint density at radius 2 is 2.32 bits per heavy atom. The van der Waals surface area contributed by atoms with Crippen molar-refractivity contribution < 1.29 is 4.79 Å². The van der Waals surface area contributed by atoms with Crippen LogP contribution in [0.4, 0.5) is 0 Å². The molecule has 0 radical (unpaired) electrons. The van der Waals surface area contributed by atoms with Gasteiger partial charge in [0.25, 0.3) is 5.91 Å². The Morgan fingerprint density at radius 1 is 1.45 bits per heavy atom. The summed E-state index contributed by atoms with van der Waals surface area (Å²) in [5, 5.41) is 4.79. The summed E-state index contributed by atoms with van der Waals surface area (Å²) in [6, 6.07) is 5.50. The van der Waals surface area contributed by atoms with Crippen LogP contribution in [0, 0.1) is 12.8 Å². The average Bonchev–Trinajstić information content (AvgIpc) is 3.02. The summed E-state index contributed by atoms with van der Waals surface area (Å²) in [7, 11) is 0. The molecular weight excluding hydrogens is 300 g/mol. The SMILES string of the molecule is Cc1c(Cl)cccc1C(=O)N1CCC[C@H](Cn2cncn2)C1. The Kier molecular flexibility index (Phi) is 4.43. The molecule has 2 heterocycles. The van der Waals surface area contributed by atoms with E-state index in [2.05, 4.69) is 10.1 Å². The molecule has 0 spiro atoms. The van der Waals surface area contributed by atoms with Crippen molar-refractivity contribution in [2.75, 3.05) is 13.1 Å². The molecule has 1 aromatic heterocycles. The number of halogens is 1. The zero-order chi connectivity index (χ0) is 15.5. The van der Waals surface area contributed by atoms with Gasteiger partial charge in [0.15, 0.2) is 0 Å². The van der Waals surface area contributed by atoms with Gasteiger partial charge in [-0.3, -0.25) is 9.48 Å². The molecule has 1 aromatic carbocycles. The van der Waals surface area contributed by atoms with Crippen LogP contribution >= 0.6 is 11.6 Å². The lowest BCUT2D eigenvalue weighted by molar-refractivity contribution is 0.0659. The number of hydrogen-bond acceptors (Lipinski definition) is 3. The van der Waals surface area contributed by atoms with Crippen molar-refractivity contribution in [3.05, 3.63) is 47.0 Å². The topological polar surface area (TPSA) is 51.0 Å². The molecule has 1 saturated heterocycles. The molecule has 0 unspecified atom stereocenters. The average molecular weight is 319 g/mol. The molecule has 6 heteroatoms. The van der Waals surface area contributed by atoms with Crippen LogP contribution in [0.3, 0.4) is 0 Å². The first-order valence-corrected chi connectivity index (χ1v) is 7.89. The van der Waals surface area contributed by atoms with Gasteiger partial charge in [-0.15, -0.1) is 0 Å². The van der Waals surface area contributed by atoms with Crippen LogP contribution in [0.5, 0.6) is 0 Å². The number of amides is 1. The number of piperidine rings is 1. The normalized spacial score (nSPS) is 18.5. The van der Waals surface area contributed by atoms with Gasteiger partial charge in [-0.2, -0.15) is 5.10 Å². The number of rotatable bonds is 3. The van der Waals surface area contributed by atoms with E-state index in [0.29, 0.717) is 16.5 Å². The quantitative estimate of drug-likeness (QED) is 0.874. The Morgan fingerprint density at radius 3 is 3.09 bits per heavy atom. The zero-order valence-electron chi connectivity index (χ0n) is 12.6. The van der Waals surface area contributed by atoms with Crippen LogP contribution in [-0.4, -0.2) is 38.7 Å². The molecule has 0 saturated carbocycles. The molecule has 2 aromatic rings. The van der Waals surface area contributed by atoms with Gasteiger partial charge in [-0.25, -0.2) is 4.98 Å². The van der Waals surface area contributed by atoms with Gasteiger partial charge in [-0.05, 0) is 43.4 Å². The predicted octanol–water partition coefficient (Wildman–Crippen LogP) is 2.79. The Hall–Kier alpha value is -1.88. The number of carbonyl (C=O) groups excluding carboxylic acids is 1. The highest BCUT2D eigenvalue weighted by atomic mass is 35.5. The van der Waals surface area contributed by atoms with Gasteiger partial charge >= 0.3 is 0 Å². The van der Waals surface area contributed by atoms with E-state index in [4.69, 9.17) is 11.6 Å². The smallest absolute Gasteiger partial charge is 0.254 e. The predicted molar refractivity (Wildman–Crippen MR) is 84.8 cm³/mol. The van der Waals surface area contributed by atoms with E-state index < -0.39 is 0 Å². The largest absolute Gasteiger partial charge is 0.338 e. The first-order chi connectivity index (χ1) is 10.6. The summed E-state index contributed by atoms with van der Waals surface area (Å²) in [5.74, 6) is 0.488. The van der Waals surface area contributed by atoms with Crippen molar-refractivity contribution in [3.8, 4) is 0 Å². The molecule has 1 amide bonds. The third-order valence-corrected chi connectivity index (χ3v) is 4.63. The molecule has 116 valence electrons. The molecule has 0 aliphatic carbocycles. The maximum Gasteiger partial charge on any atom is 0.254 e. The molecule has 1 aliphatic heterocycles. The molecule has 3 rings (SSSR count). The summed E-state index contributed by atoms with van der Waals surface area (Å²) in [6.45, 7) is 4.26. The van der Waals surface area contributed by atoms with Gasteiger partial charge in [0, 0.05) is 30.2 Å². The van der Waals surface area contributed by atoms with Gasteiger partial charge in [-0.1, -0.05) is 17.7 Å². The van der Waals surface area contributed by atoms with Crippen molar-refractivity contribution in [1.82, 2.24) is 19.7 Å². The lowest BCUT2D eigenvalue weighted by Crippen LogP contribution is -2.41. The van der Waals surface area contributed by atoms with Crippen molar-refractivity contribution >= 4 is 17.5 Å². The Balaban J connectivity index is 1.71. The second-order valence-electron chi connectivity index (χ2n) is 5.79. The highest BCUT2D eigenvalue weighted by molar-refractivity contribution is 6.31. The van der Waals surface area contributed by atoms with Gasteiger partial charge in [0.05, 0.1) is 0 Å². The van der Waals surface area contributed by atoms with Crippen LogP contribution in [0.1, 0.15) is 28.8 Å². The maximum absolute atomic E-state index is 12.8. The highest BCUT2D eigenvalue weighted by Crippen LogP contribution is 2.24. The summed E-state index contributed by atoms with van der Waals surface area (Å²) >= 11 is 6.13. The van der Waals surface area contributed by atoms with E-state index in [9.17, 15) is 4.79 Å². The summed E-state index contributed by atoms with van der Waals surface area (Å²) in [6.07, 6.45) is 5.39. The van der Waals surface area contributed by atoms with Gasteiger partial charge in [0.2, 0.25) is 0 Å². The summed E-state index contributed by atoms with van der Waals surface area (Å²) in [4.78, 5) is 18.7. The van der Waals surface area contributed by atoms with E-state index in [1.54, 1.807) is 12.7 Å². The number of hydrogen-bond donors (Lipinski definition) is 0. The third-order valence-electron chi connectivity index (χ3n) is 4.22. The standard InChI is InChI=1S/C16H19ClN4O/c1-12-14(5-2-6-15(12)17)16(22)20-7-3-4-13(8-20)9-21-11-18-10-19-21/h2,5-6,10-11,13H,3-4,7-9H2,1H3/t13-/m0/s1. The first kappa shape index (κ1) is 15.0. The van der Waals surface area contributed by atoms with Crippen LogP contribution in [-0.2, 0) is 6.54 Å².